The number of aromatic nitrogens is 2. The van der Waals surface area contributed by atoms with Crippen LogP contribution in [0.5, 0.6) is 5.75 Å². The number of aromatic amines is 1. The smallest absolute Gasteiger partial charge is 0.276 e. The molecule has 2 aromatic rings. The average Bonchev–Trinajstić information content (AvgIpc) is 2.96. The Morgan fingerprint density at radius 1 is 1.56 bits per heavy atom. The molecule has 1 saturated carbocycles. The number of rotatable bonds is 1. The van der Waals surface area contributed by atoms with E-state index in [9.17, 15) is 9.90 Å². The molecule has 0 saturated heterocycles. The Labute approximate surface area is 90.5 Å². The third-order valence-corrected chi connectivity index (χ3v) is 2.96. The summed E-state index contributed by atoms with van der Waals surface area (Å²) in [7, 11) is 0. The Morgan fingerprint density at radius 2 is 2.31 bits per heavy atom. The van der Waals surface area contributed by atoms with E-state index in [1.165, 1.54) is 4.52 Å². The van der Waals surface area contributed by atoms with E-state index in [4.69, 9.17) is 5.26 Å². The lowest BCUT2D eigenvalue weighted by molar-refractivity contribution is 0.464. The van der Waals surface area contributed by atoms with Crippen LogP contribution in [-0.2, 0) is 0 Å². The first-order valence-electron chi connectivity index (χ1n) is 5.09. The summed E-state index contributed by atoms with van der Waals surface area (Å²) in [6, 6.07) is 3.55. The highest BCUT2D eigenvalue weighted by atomic mass is 16.3. The van der Waals surface area contributed by atoms with Crippen LogP contribution in [-0.4, -0.2) is 14.7 Å². The molecule has 1 aliphatic rings. The van der Waals surface area contributed by atoms with E-state index < -0.39 is 0 Å². The topological polar surface area (TPSA) is 81.3 Å². The summed E-state index contributed by atoms with van der Waals surface area (Å²) >= 11 is 0. The van der Waals surface area contributed by atoms with Crippen molar-refractivity contribution in [1.29, 1.82) is 5.26 Å². The highest BCUT2D eigenvalue weighted by molar-refractivity contribution is 5.67. The van der Waals surface area contributed by atoms with Gasteiger partial charge in [0.25, 0.3) is 5.56 Å². The molecule has 1 aliphatic carbocycles. The number of aromatic hydroxyl groups is 1. The van der Waals surface area contributed by atoms with Crippen LogP contribution in [0.3, 0.4) is 0 Å². The Kier molecular flexibility index (Phi) is 1.63. The van der Waals surface area contributed by atoms with Crippen LogP contribution in [0.1, 0.15) is 29.9 Å². The zero-order valence-corrected chi connectivity index (χ0v) is 8.40. The fourth-order valence-corrected chi connectivity index (χ4v) is 2.03. The van der Waals surface area contributed by atoms with Crippen LogP contribution < -0.4 is 5.56 Å². The molecule has 0 unspecified atom stereocenters. The molecule has 0 spiro atoms. The maximum atomic E-state index is 12.0. The third kappa shape index (κ3) is 1.01. The minimum absolute atomic E-state index is 0.111. The van der Waals surface area contributed by atoms with Crippen LogP contribution >= 0.6 is 0 Å². The summed E-state index contributed by atoms with van der Waals surface area (Å²) in [4.78, 5) is 12.0. The van der Waals surface area contributed by atoms with Crippen molar-refractivity contribution in [1.82, 2.24) is 9.61 Å². The van der Waals surface area contributed by atoms with E-state index in [2.05, 4.69) is 5.10 Å². The number of nitrogens with zero attached hydrogens (tertiary/aromatic N) is 2. The Morgan fingerprint density at radius 3 is 2.94 bits per heavy atom. The van der Waals surface area contributed by atoms with E-state index in [1.54, 1.807) is 12.3 Å². The Balaban J connectivity index is 2.51. The fourth-order valence-electron chi connectivity index (χ4n) is 2.03. The van der Waals surface area contributed by atoms with Crippen LogP contribution in [0.25, 0.3) is 5.52 Å². The number of nitriles is 1. The molecule has 1 fully saturated rings. The highest BCUT2D eigenvalue weighted by Crippen LogP contribution is 2.43. The molecule has 0 atom stereocenters. The zero-order valence-electron chi connectivity index (χ0n) is 8.40. The predicted octanol–water partition coefficient (Wildman–Crippen LogP) is 1.08. The molecule has 0 radical (unpaired) electrons. The first kappa shape index (κ1) is 9.04. The van der Waals surface area contributed by atoms with Crippen LogP contribution in [0.4, 0.5) is 0 Å². The molecule has 3 rings (SSSR count). The number of H-pyrrole nitrogens is 1. The number of nitrogens with one attached hydrogen (secondary N) is 1. The lowest BCUT2D eigenvalue weighted by Crippen LogP contribution is -2.19. The van der Waals surface area contributed by atoms with Gasteiger partial charge >= 0.3 is 0 Å². The summed E-state index contributed by atoms with van der Waals surface area (Å²) in [5.74, 6) is -0.0330. The molecular formula is C11H9N3O2. The number of fused-ring (bicyclic) bond motifs is 1. The van der Waals surface area contributed by atoms with Crippen LogP contribution in [0.15, 0.2) is 17.1 Å². The SMILES string of the molecule is N#Cc1c(O)c(C2CC2)c(=O)n2[nH]ccc12. The van der Waals surface area contributed by atoms with Crippen molar-refractivity contribution in [3.63, 3.8) is 0 Å². The van der Waals surface area contributed by atoms with Gasteiger partial charge in [0.2, 0.25) is 0 Å². The van der Waals surface area contributed by atoms with E-state index in [-0.39, 0.29) is 22.8 Å². The van der Waals surface area contributed by atoms with Gasteiger partial charge in [-0.25, -0.2) is 4.52 Å². The van der Waals surface area contributed by atoms with Gasteiger partial charge in [0, 0.05) is 6.20 Å². The van der Waals surface area contributed by atoms with Crippen LogP contribution in [0, 0.1) is 11.3 Å². The molecule has 0 aromatic carbocycles. The first-order valence-corrected chi connectivity index (χ1v) is 5.09. The summed E-state index contributed by atoms with van der Waals surface area (Å²) in [6.45, 7) is 0. The minimum Gasteiger partial charge on any atom is -0.506 e. The van der Waals surface area contributed by atoms with Gasteiger partial charge < -0.3 is 5.11 Å². The number of hydrogen-bond donors (Lipinski definition) is 2. The maximum absolute atomic E-state index is 12.0. The molecule has 0 amide bonds. The second kappa shape index (κ2) is 2.89. The lowest BCUT2D eigenvalue weighted by atomic mass is 10.1. The quantitative estimate of drug-likeness (QED) is 0.746. The Bertz CT molecular complexity index is 671. The normalized spacial score (nSPS) is 15.2. The van der Waals surface area contributed by atoms with Crippen molar-refractivity contribution in [3.8, 4) is 11.8 Å². The van der Waals surface area contributed by atoms with E-state index >= 15 is 0 Å². The molecule has 16 heavy (non-hydrogen) atoms. The van der Waals surface area contributed by atoms with Crippen molar-refractivity contribution in [2.75, 3.05) is 0 Å². The highest BCUT2D eigenvalue weighted by Gasteiger charge is 2.32. The molecule has 2 heterocycles. The van der Waals surface area contributed by atoms with Crippen molar-refractivity contribution in [2.24, 2.45) is 0 Å². The van der Waals surface area contributed by atoms with Crippen LogP contribution in [0.2, 0.25) is 0 Å². The van der Waals surface area contributed by atoms with Gasteiger partial charge in [-0.05, 0) is 24.8 Å². The van der Waals surface area contributed by atoms with E-state index in [1.807, 2.05) is 6.07 Å². The van der Waals surface area contributed by atoms with Crippen molar-refractivity contribution in [3.05, 3.63) is 33.7 Å². The van der Waals surface area contributed by atoms with Gasteiger partial charge in [0.15, 0.2) is 0 Å². The second-order valence-electron chi connectivity index (χ2n) is 4.01. The van der Waals surface area contributed by atoms with Gasteiger partial charge in [-0.2, -0.15) is 5.26 Å². The van der Waals surface area contributed by atoms with Gasteiger partial charge in [0.05, 0.1) is 11.1 Å². The van der Waals surface area contributed by atoms with E-state index in [0.717, 1.165) is 12.8 Å². The first-order chi connectivity index (χ1) is 7.74. The lowest BCUT2D eigenvalue weighted by Gasteiger charge is -2.05. The predicted molar refractivity (Wildman–Crippen MR) is 56.4 cm³/mol. The van der Waals surface area contributed by atoms with Gasteiger partial charge in [-0.15, -0.1) is 0 Å². The molecule has 2 N–H and O–H groups in total. The van der Waals surface area contributed by atoms with Gasteiger partial charge in [0.1, 0.15) is 17.4 Å². The molecule has 5 heteroatoms. The average molecular weight is 215 g/mol. The second-order valence-corrected chi connectivity index (χ2v) is 4.01. The van der Waals surface area contributed by atoms with Crippen molar-refractivity contribution in [2.45, 2.75) is 18.8 Å². The third-order valence-electron chi connectivity index (χ3n) is 2.96. The largest absolute Gasteiger partial charge is 0.506 e. The van der Waals surface area contributed by atoms with Crippen molar-refractivity contribution >= 4 is 5.52 Å². The summed E-state index contributed by atoms with van der Waals surface area (Å²) in [5, 5.41) is 21.7. The van der Waals surface area contributed by atoms with Gasteiger partial charge in [-0.1, -0.05) is 0 Å². The number of hydrogen-bond acceptors (Lipinski definition) is 3. The summed E-state index contributed by atoms with van der Waals surface area (Å²) < 4.78 is 1.31. The molecular weight excluding hydrogens is 206 g/mol. The fraction of sp³-hybridized carbons (Fsp3) is 0.273. The standard InChI is InChI=1S/C11H9N3O2/c12-5-7-8-3-4-13-14(8)11(16)9(10(7)15)6-1-2-6/h3-4,6,13,15H,1-2H2. The van der Waals surface area contributed by atoms with E-state index in [0.29, 0.717) is 11.1 Å². The monoisotopic (exact) mass is 215 g/mol. The maximum Gasteiger partial charge on any atom is 0.276 e. The minimum atomic E-state index is -0.251. The molecule has 5 nitrogen and oxygen atoms in total. The molecule has 0 aliphatic heterocycles. The van der Waals surface area contributed by atoms with Crippen molar-refractivity contribution < 1.29 is 5.11 Å². The molecule has 2 aromatic heterocycles. The zero-order chi connectivity index (χ0) is 11.3. The molecule has 0 bridgehead atoms. The number of pyridine rings is 1. The molecule has 80 valence electrons. The summed E-state index contributed by atoms with van der Waals surface area (Å²) in [6.07, 6.45) is 3.38. The summed E-state index contributed by atoms with van der Waals surface area (Å²) in [5.41, 5.74) is 0.715. The van der Waals surface area contributed by atoms with Gasteiger partial charge in [-0.3, -0.25) is 9.89 Å². The Hall–Kier alpha value is -2.22.